The Bertz CT molecular complexity index is 402. The minimum Gasteiger partial charge on any atom is -0.495 e. The van der Waals surface area contributed by atoms with Gasteiger partial charge in [0, 0.05) is 13.1 Å². The van der Waals surface area contributed by atoms with Gasteiger partial charge in [-0.25, -0.2) is 0 Å². The molecule has 0 atom stereocenters. The fourth-order valence-electron chi connectivity index (χ4n) is 1.81. The van der Waals surface area contributed by atoms with E-state index in [0.29, 0.717) is 31.1 Å². The monoisotopic (exact) mass is 236 g/mol. The molecular formula is C12H16N2O3. The highest BCUT2D eigenvalue weighted by atomic mass is 16.5. The molecule has 2 N–H and O–H groups in total. The van der Waals surface area contributed by atoms with E-state index in [1.54, 1.807) is 19.2 Å². The number of benzene rings is 1. The Morgan fingerprint density at radius 1 is 1.53 bits per heavy atom. The minimum absolute atomic E-state index is 0.0959. The number of β-amino-alcohol motifs (C(OH)–C–C–N with tert-alkyl or cyclic N) is 1. The Kier molecular flexibility index (Phi) is 3.61. The van der Waals surface area contributed by atoms with Crippen molar-refractivity contribution in [2.75, 3.05) is 32.1 Å². The molecule has 0 unspecified atom stereocenters. The second kappa shape index (κ2) is 5.16. The topological polar surface area (TPSA) is 61.8 Å². The number of ether oxygens (including phenoxy) is 1. The largest absolute Gasteiger partial charge is 0.495 e. The van der Waals surface area contributed by atoms with Crippen LogP contribution in [0, 0.1) is 0 Å². The van der Waals surface area contributed by atoms with Gasteiger partial charge in [0.15, 0.2) is 0 Å². The van der Waals surface area contributed by atoms with Crippen LogP contribution in [0.3, 0.4) is 0 Å². The summed E-state index contributed by atoms with van der Waals surface area (Å²) < 4.78 is 5.14. The van der Waals surface area contributed by atoms with Crippen molar-refractivity contribution in [1.29, 1.82) is 0 Å². The number of aliphatic hydroxyl groups is 1. The number of methoxy groups -OCH3 is 1. The lowest BCUT2D eigenvalue weighted by Crippen LogP contribution is -2.53. The number of aliphatic hydroxyl groups excluding tert-OH is 1. The summed E-state index contributed by atoms with van der Waals surface area (Å²) in [7, 11) is 1.57. The predicted molar refractivity (Wildman–Crippen MR) is 64.1 cm³/mol. The van der Waals surface area contributed by atoms with Crippen LogP contribution in [-0.4, -0.2) is 48.8 Å². The van der Waals surface area contributed by atoms with Gasteiger partial charge in [0.1, 0.15) is 5.75 Å². The Morgan fingerprint density at radius 3 is 2.88 bits per heavy atom. The number of hydrogen-bond donors (Lipinski definition) is 2. The SMILES string of the molecule is COc1ccccc1NC(=O)CN1CC(O)C1. The molecule has 1 saturated heterocycles. The van der Waals surface area contributed by atoms with Crippen LogP contribution in [0.25, 0.3) is 0 Å². The molecule has 1 aromatic rings. The van der Waals surface area contributed by atoms with Gasteiger partial charge in [0.05, 0.1) is 25.4 Å². The molecule has 1 heterocycles. The number of para-hydroxylation sites is 2. The molecule has 0 radical (unpaired) electrons. The van der Waals surface area contributed by atoms with E-state index < -0.39 is 0 Å². The van der Waals surface area contributed by atoms with Gasteiger partial charge < -0.3 is 15.2 Å². The zero-order valence-corrected chi connectivity index (χ0v) is 9.72. The summed E-state index contributed by atoms with van der Waals surface area (Å²) in [4.78, 5) is 13.6. The summed E-state index contributed by atoms with van der Waals surface area (Å²) in [6.07, 6.45) is -0.283. The maximum absolute atomic E-state index is 11.7. The number of anilines is 1. The van der Waals surface area contributed by atoms with Crippen LogP contribution in [0.1, 0.15) is 0 Å². The average molecular weight is 236 g/mol. The van der Waals surface area contributed by atoms with Gasteiger partial charge in [-0.2, -0.15) is 0 Å². The van der Waals surface area contributed by atoms with Crippen molar-refractivity contribution >= 4 is 11.6 Å². The van der Waals surface area contributed by atoms with Crippen LogP contribution in [0.2, 0.25) is 0 Å². The molecule has 0 saturated carbocycles. The van der Waals surface area contributed by atoms with Gasteiger partial charge in [-0.3, -0.25) is 9.69 Å². The standard InChI is InChI=1S/C12H16N2O3/c1-17-11-5-3-2-4-10(11)13-12(16)8-14-6-9(15)7-14/h2-5,9,15H,6-8H2,1H3,(H,13,16). The fraction of sp³-hybridized carbons (Fsp3) is 0.417. The highest BCUT2D eigenvalue weighted by molar-refractivity contribution is 5.93. The molecule has 0 spiro atoms. The molecule has 1 amide bonds. The van der Waals surface area contributed by atoms with Crippen molar-refractivity contribution in [2.24, 2.45) is 0 Å². The lowest BCUT2D eigenvalue weighted by Gasteiger charge is -2.35. The summed E-state index contributed by atoms with van der Waals surface area (Å²) in [5, 5.41) is 11.9. The molecule has 0 aromatic heterocycles. The van der Waals surface area contributed by atoms with Gasteiger partial charge >= 0.3 is 0 Å². The zero-order chi connectivity index (χ0) is 12.3. The number of carbonyl (C=O) groups excluding carboxylic acids is 1. The fourth-order valence-corrected chi connectivity index (χ4v) is 1.81. The number of likely N-dealkylation sites (tertiary alicyclic amines) is 1. The minimum atomic E-state index is -0.283. The third kappa shape index (κ3) is 2.95. The van der Waals surface area contributed by atoms with Crippen molar-refractivity contribution in [3.05, 3.63) is 24.3 Å². The molecule has 0 bridgehead atoms. The second-order valence-corrected chi connectivity index (χ2v) is 4.10. The third-order valence-electron chi connectivity index (χ3n) is 2.69. The van der Waals surface area contributed by atoms with Gasteiger partial charge in [0.2, 0.25) is 5.91 Å². The predicted octanol–water partition coefficient (Wildman–Crippen LogP) is 0.310. The van der Waals surface area contributed by atoms with E-state index in [4.69, 9.17) is 9.84 Å². The maximum Gasteiger partial charge on any atom is 0.238 e. The van der Waals surface area contributed by atoms with Crippen LogP contribution in [0.15, 0.2) is 24.3 Å². The number of hydrogen-bond acceptors (Lipinski definition) is 4. The smallest absolute Gasteiger partial charge is 0.238 e. The molecule has 1 aliphatic rings. The summed E-state index contributed by atoms with van der Waals surface area (Å²) >= 11 is 0. The first-order chi connectivity index (χ1) is 8.19. The zero-order valence-electron chi connectivity index (χ0n) is 9.72. The first-order valence-electron chi connectivity index (χ1n) is 5.52. The molecule has 1 aromatic carbocycles. The Morgan fingerprint density at radius 2 is 2.24 bits per heavy atom. The van der Waals surface area contributed by atoms with Crippen molar-refractivity contribution in [3.8, 4) is 5.75 Å². The van der Waals surface area contributed by atoms with Gasteiger partial charge in [-0.05, 0) is 12.1 Å². The van der Waals surface area contributed by atoms with E-state index in [0.717, 1.165) is 0 Å². The molecule has 5 nitrogen and oxygen atoms in total. The first-order valence-corrected chi connectivity index (χ1v) is 5.52. The van der Waals surface area contributed by atoms with Crippen LogP contribution < -0.4 is 10.1 Å². The van der Waals surface area contributed by atoms with Crippen molar-refractivity contribution in [2.45, 2.75) is 6.10 Å². The lowest BCUT2D eigenvalue weighted by atomic mass is 10.2. The Balaban J connectivity index is 1.89. The molecule has 1 fully saturated rings. The Labute approximate surface area is 100.0 Å². The maximum atomic E-state index is 11.7. The van der Waals surface area contributed by atoms with Crippen molar-refractivity contribution in [3.63, 3.8) is 0 Å². The van der Waals surface area contributed by atoms with Crippen LogP contribution in [0.4, 0.5) is 5.69 Å². The summed E-state index contributed by atoms with van der Waals surface area (Å²) in [5.74, 6) is 0.547. The summed E-state index contributed by atoms with van der Waals surface area (Å²) in [5.41, 5.74) is 0.668. The van der Waals surface area contributed by atoms with Gasteiger partial charge in [-0.15, -0.1) is 0 Å². The average Bonchev–Trinajstić information content (AvgIpc) is 2.27. The molecule has 1 aliphatic heterocycles. The van der Waals surface area contributed by atoms with E-state index >= 15 is 0 Å². The van der Waals surface area contributed by atoms with E-state index in [9.17, 15) is 4.79 Å². The molecule has 2 rings (SSSR count). The molecule has 5 heteroatoms. The van der Waals surface area contributed by atoms with Gasteiger partial charge in [0.25, 0.3) is 0 Å². The molecule has 0 aliphatic carbocycles. The summed E-state index contributed by atoms with van der Waals surface area (Å²) in [6.45, 7) is 1.44. The highest BCUT2D eigenvalue weighted by Crippen LogP contribution is 2.22. The number of carbonyl (C=O) groups is 1. The quantitative estimate of drug-likeness (QED) is 0.790. The first kappa shape index (κ1) is 11.9. The van der Waals surface area contributed by atoms with Crippen LogP contribution in [-0.2, 0) is 4.79 Å². The number of rotatable bonds is 4. The van der Waals surface area contributed by atoms with Crippen molar-refractivity contribution < 1.29 is 14.6 Å². The van der Waals surface area contributed by atoms with E-state index in [2.05, 4.69) is 5.32 Å². The second-order valence-electron chi connectivity index (χ2n) is 4.10. The third-order valence-corrected chi connectivity index (χ3v) is 2.69. The number of amides is 1. The number of nitrogens with one attached hydrogen (secondary N) is 1. The van der Waals surface area contributed by atoms with Crippen molar-refractivity contribution in [1.82, 2.24) is 4.90 Å². The normalized spacial score (nSPS) is 16.4. The lowest BCUT2D eigenvalue weighted by molar-refractivity contribution is -0.119. The van der Waals surface area contributed by atoms with E-state index in [1.807, 2.05) is 17.0 Å². The molecule has 92 valence electrons. The van der Waals surface area contributed by atoms with E-state index in [1.165, 1.54) is 0 Å². The highest BCUT2D eigenvalue weighted by Gasteiger charge is 2.25. The van der Waals surface area contributed by atoms with Crippen LogP contribution >= 0.6 is 0 Å². The van der Waals surface area contributed by atoms with E-state index in [-0.39, 0.29) is 12.0 Å². The number of nitrogens with zero attached hydrogens (tertiary/aromatic N) is 1. The van der Waals surface area contributed by atoms with Gasteiger partial charge in [-0.1, -0.05) is 12.1 Å². The molecular weight excluding hydrogens is 220 g/mol. The summed E-state index contributed by atoms with van der Waals surface area (Å²) in [6, 6.07) is 7.27. The van der Waals surface area contributed by atoms with Crippen LogP contribution in [0.5, 0.6) is 5.75 Å². The molecule has 17 heavy (non-hydrogen) atoms. The Hall–Kier alpha value is -1.59.